The number of aromatic amines is 1. The van der Waals surface area contributed by atoms with Crippen molar-refractivity contribution in [1.82, 2.24) is 9.55 Å². The van der Waals surface area contributed by atoms with Crippen LogP contribution in [0.2, 0.25) is 5.02 Å². The number of halogens is 1. The molecule has 3 aromatic rings. The number of nitrogen functional groups attached to an aromatic ring is 1. The lowest BCUT2D eigenvalue weighted by Gasteiger charge is -2.24. The normalized spacial score (nSPS) is 10.8. The van der Waals surface area contributed by atoms with Crippen molar-refractivity contribution in [1.29, 1.82) is 0 Å². The Bertz CT molecular complexity index is 1260. The van der Waals surface area contributed by atoms with Crippen molar-refractivity contribution < 1.29 is 14.3 Å². The van der Waals surface area contributed by atoms with E-state index < -0.39 is 17.2 Å². The number of hydrogen-bond donors (Lipinski definition) is 2. The summed E-state index contributed by atoms with van der Waals surface area (Å²) in [6.07, 6.45) is 0.443. The summed E-state index contributed by atoms with van der Waals surface area (Å²) in [6.45, 7) is 2.12. The molecular weight excluding hydrogens is 460 g/mol. The van der Waals surface area contributed by atoms with Crippen LogP contribution in [0.1, 0.15) is 17.5 Å². The van der Waals surface area contributed by atoms with Gasteiger partial charge in [0.2, 0.25) is 0 Å². The SMILES string of the molecule is COCCCN(C(=O)COc1ccc(Cl)c(C)c1)c1c(N)n(Cc2ccccc2)c(=O)[nH]c1=O. The Morgan fingerprint density at radius 1 is 1.18 bits per heavy atom. The van der Waals surface area contributed by atoms with Crippen LogP contribution in [-0.2, 0) is 16.1 Å². The summed E-state index contributed by atoms with van der Waals surface area (Å²) < 4.78 is 12.0. The number of methoxy groups -OCH3 is 1. The molecule has 10 heteroatoms. The topological polar surface area (TPSA) is 120 Å². The molecule has 0 aliphatic heterocycles. The minimum atomic E-state index is -0.750. The second-order valence-electron chi connectivity index (χ2n) is 7.66. The molecule has 0 aliphatic carbocycles. The standard InChI is InChI=1S/C24H27ClN4O5/c1-16-13-18(9-10-19(16)25)34-15-20(30)28(11-6-12-33-2)21-22(26)29(24(32)27-23(21)31)14-17-7-4-3-5-8-17/h3-5,7-10,13H,6,11-12,14-15,26H2,1-2H3,(H,27,31,32). The van der Waals surface area contributed by atoms with Gasteiger partial charge in [0.1, 0.15) is 11.6 Å². The molecule has 9 nitrogen and oxygen atoms in total. The van der Waals surface area contributed by atoms with Gasteiger partial charge in [-0.2, -0.15) is 0 Å². The Hall–Kier alpha value is -3.56. The highest BCUT2D eigenvalue weighted by Crippen LogP contribution is 2.22. The number of aromatic nitrogens is 2. The fraction of sp³-hybridized carbons (Fsp3) is 0.292. The maximum atomic E-state index is 13.2. The fourth-order valence-electron chi connectivity index (χ4n) is 3.42. The number of H-pyrrole nitrogens is 1. The predicted octanol–water partition coefficient (Wildman–Crippen LogP) is 2.58. The molecule has 1 aromatic heterocycles. The van der Waals surface area contributed by atoms with Gasteiger partial charge in [0, 0.05) is 25.3 Å². The number of nitrogens with zero attached hydrogens (tertiary/aromatic N) is 2. The van der Waals surface area contributed by atoms with Crippen LogP contribution in [0.4, 0.5) is 11.5 Å². The van der Waals surface area contributed by atoms with E-state index in [4.69, 9.17) is 26.8 Å². The summed E-state index contributed by atoms with van der Waals surface area (Å²) in [6, 6.07) is 14.2. The Morgan fingerprint density at radius 2 is 1.91 bits per heavy atom. The molecule has 0 radical (unpaired) electrons. The number of amides is 1. The van der Waals surface area contributed by atoms with E-state index in [2.05, 4.69) is 4.98 Å². The molecule has 180 valence electrons. The predicted molar refractivity (Wildman–Crippen MR) is 132 cm³/mol. The van der Waals surface area contributed by atoms with E-state index >= 15 is 0 Å². The third-order valence-corrected chi connectivity index (χ3v) is 5.61. The molecule has 1 amide bonds. The van der Waals surface area contributed by atoms with Crippen molar-refractivity contribution in [3.05, 3.63) is 85.5 Å². The summed E-state index contributed by atoms with van der Waals surface area (Å²) >= 11 is 6.04. The van der Waals surface area contributed by atoms with Crippen LogP contribution in [0, 0.1) is 6.92 Å². The Morgan fingerprint density at radius 3 is 2.59 bits per heavy atom. The zero-order chi connectivity index (χ0) is 24.7. The zero-order valence-electron chi connectivity index (χ0n) is 19.0. The van der Waals surface area contributed by atoms with Gasteiger partial charge in [-0.15, -0.1) is 0 Å². The first kappa shape index (κ1) is 25.1. The number of rotatable bonds is 10. The van der Waals surface area contributed by atoms with E-state index in [0.717, 1.165) is 11.1 Å². The zero-order valence-corrected chi connectivity index (χ0v) is 19.8. The van der Waals surface area contributed by atoms with Gasteiger partial charge in [0.05, 0.1) is 6.54 Å². The van der Waals surface area contributed by atoms with Crippen LogP contribution >= 0.6 is 11.6 Å². The van der Waals surface area contributed by atoms with Crippen LogP contribution in [0.25, 0.3) is 0 Å². The van der Waals surface area contributed by atoms with Crippen molar-refractivity contribution in [2.24, 2.45) is 0 Å². The minimum Gasteiger partial charge on any atom is -0.484 e. The summed E-state index contributed by atoms with van der Waals surface area (Å²) in [5, 5.41) is 0.583. The number of nitrogens with one attached hydrogen (secondary N) is 1. The molecule has 0 aliphatic rings. The molecule has 0 unspecified atom stereocenters. The van der Waals surface area contributed by atoms with E-state index in [0.29, 0.717) is 23.8 Å². The highest BCUT2D eigenvalue weighted by Gasteiger charge is 2.24. The third kappa shape index (κ3) is 6.06. The van der Waals surface area contributed by atoms with Crippen molar-refractivity contribution in [2.45, 2.75) is 19.9 Å². The average molecular weight is 487 g/mol. The van der Waals surface area contributed by atoms with Gasteiger partial charge in [-0.25, -0.2) is 4.79 Å². The monoisotopic (exact) mass is 486 g/mol. The maximum Gasteiger partial charge on any atom is 0.330 e. The molecule has 1 heterocycles. The van der Waals surface area contributed by atoms with Gasteiger partial charge in [-0.3, -0.25) is 19.1 Å². The second kappa shape index (κ2) is 11.5. The number of carbonyl (C=O) groups is 1. The largest absolute Gasteiger partial charge is 0.484 e. The number of benzene rings is 2. The molecule has 0 atom stereocenters. The van der Waals surface area contributed by atoms with Gasteiger partial charge in [-0.05, 0) is 42.7 Å². The summed E-state index contributed by atoms with van der Waals surface area (Å²) in [7, 11) is 1.54. The lowest BCUT2D eigenvalue weighted by Crippen LogP contribution is -2.43. The minimum absolute atomic E-state index is 0.104. The number of hydrogen-bond acceptors (Lipinski definition) is 6. The van der Waals surface area contributed by atoms with Crippen LogP contribution in [0.15, 0.2) is 58.1 Å². The average Bonchev–Trinajstić information content (AvgIpc) is 2.82. The van der Waals surface area contributed by atoms with E-state index in [-0.39, 0.29) is 31.2 Å². The Kier molecular flexibility index (Phi) is 8.50. The number of aryl methyl sites for hydroxylation is 1. The van der Waals surface area contributed by atoms with E-state index in [1.54, 1.807) is 25.3 Å². The van der Waals surface area contributed by atoms with Gasteiger partial charge >= 0.3 is 5.69 Å². The third-order valence-electron chi connectivity index (χ3n) is 5.19. The van der Waals surface area contributed by atoms with Crippen molar-refractivity contribution >= 4 is 29.0 Å². The summed E-state index contributed by atoms with van der Waals surface area (Å²) in [5.74, 6) is -0.139. The van der Waals surface area contributed by atoms with Gasteiger partial charge in [-0.1, -0.05) is 41.9 Å². The smallest absolute Gasteiger partial charge is 0.330 e. The molecule has 3 N–H and O–H groups in total. The van der Waals surface area contributed by atoms with E-state index in [1.807, 2.05) is 37.3 Å². The maximum absolute atomic E-state index is 13.2. The van der Waals surface area contributed by atoms with Crippen molar-refractivity contribution in [2.75, 3.05) is 37.5 Å². The highest BCUT2D eigenvalue weighted by molar-refractivity contribution is 6.31. The number of anilines is 2. The summed E-state index contributed by atoms with van der Waals surface area (Å²) in [4.78, 5) is 41.9. The number of nitrogens with two attached hydrogens (primary N) is 1. The molecule has 34 heavy (non-hydrogen) atoms. The molecule has 3 rings (SSSR count). The fourth-order valence-corrected chi connectivity index (χ4v) is 3.54. The van der Waals surface area contributed by atoms with Crippen LogP contribution < -0.4 is 26.6 Å². The van der Waals surface area contributed by atoms with Gasteiger partial charge < -0.3 is 20.1 Å². The van der Waals surface area contributed by atoms with Gasteiger partial charge in [0.15, 0.2) is 12.3 Å². The lowest BCUT2D eigenvalue weighted by molar-refractivity contribution is -0.120. The summed E-state index contributed by atoms with van der Waals surface area (Å²) in [5.41, 5.74) is 6.38. The van der Waals surface area contributed by atoms with E-state index in [9.17, 15) is 14.4 Å². The first-order chi connectivity index (χ1) is 16.3. The second-order valence-corrected chi connectivity index (χ2v) is 8.06. The van der Waals surface area contributed by atoms with Crippen LogP contribution in [-0.4, -0.2) is 42.3 Å². The number of ether oxygens (including phenoxy) is 2. The first-order valence-electron chi connectivity index (χ1n) is 10.7. The molecule has 0 spiro atoms. The molecule has 0 bridgehead atoms. The Labute approximate surface area is 201 Å². The molecule has 0 saturated carbocycles. The van der Waals surface area contributed by atoms with Crippen molar-refractivity contribution in [3.63, 3.8) is 0 Å². The van der Waals surface area contributed by atoms with Crippen LogP contribution in [0.3, 0.4) is 0 Å². The lowest BCUT2D eigenvalue weighted by atomic mass is 10.2. The van der Waals surface area contributed by atoms with Gasteiger partial charge in [0.25, 0.3) is 11.5 Å². The first-order valence-corrected chi connectivity index (χ1v) is 11.0. The highest BCUT2D eigenvalue weighted by atomic mass is 35.5. The molecule has 0 fully saturated rings. The molecular formula is C24H27ClN4O5. The number of carbonyl (C=O) groups excluding carboxylic acids is 1. The quantitative estimate of drug-likeness (QED) is 0.425. The molecule has 2 aromatic carbocycles. The van der Waals surface area contributed by atoms with Crippen molar-refractivity contribution in [3.8, 4) is 5.75 Å². The van der Waals surface area contributed by atoms with Crippen LogP contribution in [0.5, 0.6) is 5.75 Å². The Balaban J connectivity index is 1.93. The van der Waals surface area contributed by atoms with E-state index in [1.165, 1.54) is 9.47 Å². The molecule has 0 saturated heterocycles.